The van der Waals surface area contributed by atoms with Gasteiger partial charge in [0.1, 0.15) is 23.4 Å². The third kappa shape index (κ3) is 6.75. The minimum atomic E-state index is -1.71. The molecular formula is C21H24O9. The van der Waals surface area contributed by atoms with Crippen molar-refractivity contribution >= 4 is 18.1 Å². The Kier molecular flexibility index (Phi) is 8.19. The van der Waals surface area contributed by atoms with E-state index in [9.17, 15) is 30.3 Å². The fraction of sp³-hybridized carbons (Fsp3) is 0.286. The average Bonchev–Trinajstić information content (AvgIpc) is 2.69. The van der Waals surface area contributed by atoms with E-state index in [2.05, 4.69) is 0 Å². The van der Waals surface area contributed by atoms with E-state index in [1.165, 1.54) is 37.3 Å². The summed E-state index contributed by atoms with van der Waals surface area (Å²) in [5.74, 6) is -1.48. The normalized spacial score (nSPS) is 15.5. The first kappa shape index (κ1) is 23.2. The average molecular weight is 420 g/mol. The zero-order valence-electron chi connectivity index (χ0n) is 16.1. The van der Waals surface area contributed by atoms with E-state index >= 15 is 0 Å². The monoisotopic (exact) mass is 420 g/mol. The molecule has 2 aromatic rings. The van der Waals surface area contributed by atoms with Gasteiger partial charge in [0.15, 0.2) is 6.10 Å². The first-order valence-corrected chi connectivity index (χ1v) is 9.02. The van der Waals surface area contributed by atoms with Gasteiger partial charge in [-0.15, -0.1) is 0 Å². The molecule has 6 N–H and O–H groups in total. The van der Waals surface area contributed by atoms with Gasteiger partial charge in [-0.1, -0.05) is 24.3 Å². The molecule has 0 aliphatic carbocycles. The molecule has 0 amide bonds. The van der Waals surface area contributed by atoms with E-state index in [0.29, 0.717) is 5.56 Å². The third-order valence-corrected chi connectivity index (χ3v) is 3.99. The van der Waals surface area contributed by atoms with Crippen LogP contribution in [0.5, 0.6) is 17.2 Å². The Balaban J connectivity index is 2.23. The highest BCUT2D eigenvalue weighted by Crippen LogP contribution is 2.26. The fourth-order valence-corrected chi connectivity index (χ4v) is 2.49. The molecule has 0 aliphatic rings. The second-order valence-electron chi connectivity index (χ2n) is 6.56. The fourth-order valence-electron chi connectivity index (χ4n) is 2.49. The van der Waals surface area contributed by atoms with E-state index in [-0.39, 0.29) is 17.2 Å². The Bertz CT molecular complexity index is 861. The molecule has 9 nitrogen and oxygen atoms in total. The number of carbonyl (C=O) groups is 1. The van der Waals surface area contributed by atoms with Crippen LogP contribution in [-0.4, -0.2) is 67.8 Å². The molecule has 0 aliphatic heterocycles. The first-order chi connectivity index (χ1) is 14.2. The maximum Gasteiger partial charge on any atom is 0.335 e. The predicted molar refractivity (Wildman–Crippen MR) is 107 cm³/mol. The van der Waals surface area contributed by atoms with Crippen molar-refractivity contribution in [2.24, 2.45) is 0 Å². The van der Waals surface area contributed by atoms with Gasteiger partial charge in [-0.05, 0) is 42.3 Å². The number of aliphatic carboxylic acids is 1. The molecule has 0 saturated carbocycles. The zero-order valence-corrected chi connectivity index (χ0v) is 16.1. The highest BCUT2D eigenvalue weighted by Gasteiger charge is 2.32. The number of phenols is 2. The van der Waals surface area contributed by atoms with Crippen molar-refractivity contribution in [2.75, 3.05) is 6.61 Å². The Morgan fingerprint density at radius 3 is 2.20 bits per heavy atom. The molecule has 162 valence electrons. The van der Waals surface area contributed by atoms with Crippen LogP contribution >= 0.6 is 0 Å². The standard InChI is InChI=1S/C21H24O9/c1-12(23)19(20(27)28)30-21(18(26)11-22)29-17-9-14(8-16(25)10-17)3-2-13-4-6-15(24)7-5-13/h2-10,12,18-19,21-26H,11H2,1H3,(H,27,28)/b3-2+/t12-,18-,19?,21?/m0/s1. The molecule has 2 unspecified atom stereocenters. The maximum atomic E-state index is 11.2. The van der Waals surface area contributed by atoms with E-state index in [4.69, 9.17) is 14.6 Å². The van der Waals surface area contributed by atoms with Gasteiger partial charge in [0.25, 0.3) is 0 Å². The second-order valence-corrected chi connectivity index (χ2v) is 6.56. The molecule has 0 heterocycles. The largest absolute Gasteiger partial charge is 0.508 e. The van der Waals surface area contributed by atoms with E-state index < -0.39 is 37.2 Å². The predicted octanol–water partition coefficient (Wildman–Crippen LogP) is 1.18. The SMILES string of the molecule is C[C@H](O)C(OC(Oc1cc(O)cc(/C=C/c2ccc(O)cc2)c1)[C@@H](O)CO)C(=O)O. The molecular weight excluding hydrogens is 396 g/mol. The van der Waals surface area contributed by atoms with E-state index in [1.807, 2.05) is 0 Å². The number of carboxylic acid groups (broad SMARTS) is 1. The van der Waals surface area contributed by atoms with Crippen LogP contribution in [0.3, 0.4) is 0 Å². The summed E-state index contributed by atoms with van der Waals surface area (Å²) in [6.45, 7) is 0.408. The summed E-state index contributed by atoms with van der Waals surface area (Å²) < 4.78 is 10.6. The van der Waals surface area contributed by atoms with Crippen molar-refractivity contribution in [3.05, 3.63) is 53.6 Å². The van der Waals surface area contributed by atoms with Crippen molar-refractivity contribution < 1.29 is 44.9 Å². The number of hydrogen-bond acceptors (Lipinski definition) is 8. The summed E-state index contributed by atoms with van der Waals surface area (Å²) in [7, 11) is 0. The molecule has 0 radical (unpaired) electrons. The van der Waals surface area contributed by atoms with Gasteiger partial charge in [-0.2, -0.15) is 0 Å². The van der Waals surface area contributed by atoms with Crippen molar-refractivity contribution in [2.45, 2.75) is 31.5 Å². The third-order valence-electron chi connectivity index (χ3n) is 3.99. The van der Waals surface area contributed by atoms with Gasteiger partial charge in [-0.25, -0.2) is 4.79 Å². The molecule has 0 bridgehead atoms. The number of aromatic hydroxyl groups is 2. The maximum absolute atomic E-state index is 11.2. The lowest BCUT2D eigenvalue weighted by molar-refractivity contribution is -0.208. The number of benzene rings is 2. The van der Waals surface area contributed by atoms with Gasteiger partial charge >= 0.3 is 5.97 Å². The molecule has 2 aromatic carbocycles. The van der Waals surface area contributed by atoms with Gasteiger partial charge in [0.2, 0.25) is 6.29 Å². The summed E-state index contributed by atoms with van der Waals surface area (Å²) in [6.07, 6.45) is -2.96. The van der Waals surface area contributed by atoms with Crippen LogP contribution in [0.4, 0.5) is 0 Å². The van der Waals surface area contributed by atoms with Crippen molar-refractivity contribution in [1.82, 2.24) is 0 Å². The van der Waals surface area contributed by atoms with Gasteiger partial charge in [0.05, 0.1) is 12.7 Å². The molecule has 0 fully saturated rings. The van der Waals surface area contributed by atoms with E-state index in [1.54, 1.807) is 24.3 Å². The van der Waals surface area contributed by atoms with Gasteiger partial charge < -0.3 is 40.1 Å². The summed E-state index contributed by atoms with van der Waals surface area (Å²) in [4.78, 5) is 11.2. The van der Waals surface area contributed by atoms with Crippen LogP contribution in [0.1, 0.15) is 18.1 Å². The van der Waals surface area contributed by atoms with E-state index in [0.717, 1.165) is 5.56 Å². The van der Waals surface area contributed by atoms with Gasteiger partial charge in [0, 0.05) is 6.07 Å². The number of hydrogen-bond donors (Lipinski definition) is 6. The Hall–Kier alpha value is -3.11. The van der Waals surface area contributed by atoms with Gasteiger partial charge in [-0.3, -0.25) is 0 Å². The lowest BCUT2D eigenvalue weighted by Crippen LogP contribution is -2.45. The quantitative estimate of drug-likeness (QED) is 0.245. The Morgan fingerprint density at radius 1 is 1.00 bits per heavy atom. The minimum Gasteiger partial charge on any atom is -0.508 e. The number of rotatable bonds is 10. The molecule has 9 heteroatoms. The van der Waals surface area contributed by atoms with Crippen LogP contribution in [0, 0.1) is 0 Å². The molecule has 0 spiro atoms. The Morgan fingerprint density at radius 2 is 1.63 bits per heavy atom. The van der Waals surface area contributed by atoms with Crippen LogP contribution in [-0.2, 0) is 9.53 Å². The number of carboxylic acids is 1. The van der Waals surface area contributed by atoms with Crippen molar-refractivity contribution in [1.29, 1.82) is 0 Å². The first-order valence-electron chi connectivity index (χ1n) is 9.02. The van der Waals surface area contributed by atoms with Crippen LogP contribution in [0.25, 0.3) is 12.2 Å². The lowest BCUT2D eigenvalue weighted by atomic mass is 10.1. The zero-order chi connectivity index (χ0) is 22.3. The highest BCUT2D eigenvalue weighted by molar-refractivity contribution is 5.73. The smallest absolute Gasteiger partial charge is 0.335 e. The molecule has 0 saturated heterocycles. The molecule has 4 atom stereocenters. The van der Waals surface area contributed by atoms with Crippen molar-refractivity contribution in [3.8, 4) is 17.2 Å². The summed E-state index contributed by atoms with van der Waals surface area (Å²) in [6, 6.07) is 10.6. The number of phenolic OH excluding ortho intramolecular Hbond substituents is 2. The number of aliphatic hydroxyl groups is 3. The molecule has 2 rings (SSSR count). The second kappa shape index (κ2) is 10.6. The summed E-state index contributed by atoms with van der Waals surface area (Å²) in [5.41, 5.74) is 1.30. The lowest BCUT2D eigenvalue weighted by Gasteiger charge is -2.27. The van der Waals surface area contributed by atoms with Crippen molar-refractivity contribution in [3.63, 3.8) is 0 Å². The summed E-state index contributed by atoms with van der Waals surface area (Å²) >= 11 is 0. The number of ether oxygens (including phenoxy) is 2. The van der Waals surface area contributed by atoms with Crippen LogP contribution in [0.2, 0.25) is 0 Å². The summed E-state index contributed by atoms with van der Waals surface area (Å²) in [5, 5.41) is 57.1. The number of aliphatic hydroxyl groups excluding tert-OH is 3. The topological polar surface area (TPSA) is 157 Å². The minimum absolute atomic E-state index is 0.0348. The Labute approximate surface area is 172 Å². The van der Waals surface area contributed by atoms with Crippen LogP contribution < -0.4 is 4.74 Å². The molecule has 30 heavy (non-hydrogen) atoms. The molecule has 0 aromatic heterocycles. The highest BCUT2D eigenvalue weighted by atomic mass is 16.7. The van der Waals surface area contributed by atoms with Crippen LogP contribution in [0.15, 0.2) is 42.5 Å².